The van der Waals surface area contributed by atoms with Gasteiger partial charge in [0.15, 0.2) is 0 Å². The van der Waals surface area contributed by atoms with Gasteiger partial charge in [0.25, 0.3) is 0 Å². The van der Waals surface area contributed by atoms with Crippen LogP contribution in [0.3, 0.4) is 0 Å². The van der Waals surface area contributed by atoms with E-state index in [2.05, 4.69) is 47.4 Å². The van der Waals surface area contributed by atoms with Gasteiger partial charge < -0.3 is 4.90 Å². The lowest BCUT2D eigenvalue weighted by Gasteiger charge is -2.12. The molecule has 1 aliphatic carbocycles. The highest BCUT2D eigenvalue weighted by Gasteiger charge is 2.33. The minimum Gasteiger partial charge on any atom is -0.378 e. The molecule has 0 radical (unpaired) electrons. The SMILES string of the molecule is CN(C)c1ccc(-c2ccc(C3=CCC(C=C4C(=C(C#N)C#N)c5ccccc5C4=C(C#N)C#N)S3)s2)cc1. The molecule has 1 aromatic heterocycles. The van der Waals surface area contributed by atoms with Crippen molar-refractivity contribution in [2.24, 2.45) is 0 Å². The Balaban J connectivity index is 1.48. The largest absolute Gasteiger partial charge is 0.378 e. The van der Waals surface area contributed by atoms with E-state index in [0.29, 0.717) is 27.8 Å². The van der Waals surface area contributed by atoms with E-state index in [9.17, 15) is 21.0 Å². The first-order chi connectivity index (χ1) is 19.0. The van der Waals surface area contributed by atoms with E-state index < -0.39 is 0 Å². The first-order valence-electron chi connectivity index (χ1n) is 12.1. The molecule has 2 aliphatic rings. The molecule has 0 bridgehead atoms. The Hall–Kier alpha value is -4.79. The average Bonchev–Trinajstić information content (AvgIpc) is 3.70. The van der Waals surface area contributed by atoms with E-state index in [1.54, 1.807) is 23.1 Å². The number of hydrogen-bond donors (Lipinski definition) is 0. The molecular weight excluding hydrogens is 519 g/mol. The average molecular weight is 540 g/mol. The van der Waals surface area contributed by atoms with Crippen LogP contribution in [-0.4, -0.2) is 19.3 Å². The zero-order valence-electron chi connectivity index (χ0n) is 21.3. The lowest BCUT2D eigenvalue weighted by atomic mass is 9.95. The Bertz CT molecular complexity index is 1670. The van der Waals surface area contributed by atoms with E-state index in [4.69, 9.17) is 0 Å². The number of benzene rings is 2. The summed E-state index contributed by atoms with van der Waals surface area (Å²) in [4.78, 5) is 5.62. The molecule has 2 aromatic carbocycles. The van der Waals surface area contributed by atoms with Gasteiger partial charge in [-0.2, -0.15) is 21.0 Å². The van der Waals surface area contributed by atoms with Crippen molar-refractivity contribution in [3.8, 4) is 34.7 Å². The highest BCUT2D eigenvalue weighted by atomic mass is 32.2. The lowest BCUT2D eigenvalue weighted by Crippen LogP contribution is -2.07. The summed E-state index contributed by atoms with van der Waals surface area (Å²) in [6, 6.07) is 28.2. The molecule has 0 N–H and O–H groups in total. The number of hydrogen-bond acceptors (Lipinski definition) is 7. The zero-order valence-corrected chi connectivity index (χ0v) is 22.9. The molecule has 2 heterocycles. The molecule has 0 spiro atoms. The van der Waals surface area contributed by atoms with E-state index in [0.717, 1.165) is 12.1 Å². The van der Waals surface area contributed by atoms with Crippen LogP contribution in [0.15, 0.2) is 89.5 Å². The van der Waals surface area contributed by atoms with Crippen molar-refractivity contribution >= 4 is 44.8 Å². The van der Waals surface area contributed by atoms with Gasteiger partial charge in [-0.05, 0) is 52.9 Å². The van der Waals surface area contributed by atoms with Crippen LogP contribution in [0, 0.1) is 45.3 Å². The topological polar surface area (TPSA) is 98.4 Å². The summed E-state index contributed by atoms with van der Waals surface area (Å²) in [6.45, 7) is 0. The Morgan fingerprint density at radius 1 is 0.795 bits per heavy atom. The number of allylic oxidation sites excluding steroid dienone is 6. The van der Waals surface area contributed by atoms with Crippen molar-refractivity contribution in [2.75, 3.05) is 19.0 Å². The van der Waals surface area contributed by atoms with E-state index >= 15 is 0 Å². The molecule has 186 valence electrons. The number of thiophene rings is 1. The van der Waals surface area contributed by atoms with E-state index in [1.807, 2.05) is 68.7 Å². The van der Waals surface area contributed by atoms with Crippen LogP contribution < -0.4 is 4.90 Å². The van der Waals surface area contributed by atoms with E-state index in [-0.39, 0.29) is 16.4 Å². The molecule has 7 heteroatoms. The molecule has 0 saturated heterocycles. The summed E-state index contributed by atoms with van der Waals surface area (Å²) in [5, 5.41) is 39.0. The number of nitrogens with zero attached hydrogens (tertiary/aromatic N) is 5. The third-order valence-corrected chi connectivity index (χ3v) is 9.20. The van der Waals surface area contributed by atoms with Crippen LogP contribution in [0.5, 0.6) is 0 Å². The second kappa shape index (κ2) is 10.9. The fourth-order valence-electron chi connectivity index (χ4n) is 4.79. The van der Waals surface area contributed by atoms with Crippen molar-refractivity contribution in [3.63, 3.8) is 0 Å². The second-order valence-corrected chi connectivity index (χ2v) is 11.5. The van der Waals surface area contributed by atoms with Crippen LogP contribution in [-0.2, 0) is 0 Å². The van der Waals surface area contributed by atoms with Crippen molar-refractivity contribution in [3.05, 3.63) is 106 Å². The van der Waals surface area contributed by atoms with Gasteiger partial charge in [-0.3, -0.25) is 0 Å². The van der Waals surface area contributed by atoms with Gasteiger partial charge in [-0.25, -0.2) is 0 Å². The smallest absolute Gasteiger partial charge is 0.138 e. The molecular formula is C32H21N5S2. The fourth-order valence-corrected chi connectivity index (χ4v) is 7.11. The number of fused-ring (bicyclic) bond motifs is 1. The number of thioether (sulfide) groups is 1. The number of anilines is 1. The predicted octanol–water partition coefficient (Wildman–Crippen LogP) is 7.57. The van der Waals surface area contributed by atoms with Crippen LogP contribution in [0.4, 0.5) is 5.69 Å². The minimum absolute atomic E-state index is 0.0245. The summed E-state index contributed by atoms with van der Waals surface area (Å²) >= 11 is 3.46. The molecule has 1 atom stereocenters. The number of rotatable bonds is 4. The van der Waals surface area contributed by atoms with Crippen molar-refractivity contribution in [1.82, 2.24) is 0 Å². The third kappa shape index (κ3) is 4.79. The van der Waals surface area contributed by atoms with Gasteiger partial charge in [-0.1, -0.05) is 48.6 Å². The molecule has 1 unspecified atom stereocenters. The van der Waals surface area contributed by atoms with Crippen LogP contribution in [0.2, 0.25) is 0 Å². The van der Waals surface area contributed by atoms with Crippen LogP contribution >= 0.6 is 23.1 Å². The van der Waals surface area contributed by atoms with Gasteiger partial charge >= 0.3 is 0 Å². The maximum atomic E-state index is 9.74. The summed E-state index contributed by atoms with van der Waals surface area (Å²) < 4.78 is 0. The summed E-state index contributed by atoms with van der Waals surface area (Å²) in [7, 11) is 4.05. The number of nitriles is 4. The summed E-state index contributed by atoms with van der Waals surface area (Å²) in [6.07, 6.45) is 4.97. The van der Waals surface area contributed by atoms with Gasteiger partial charge in [0, 0.05) is 50.8 Å². The fraction of sp³-hybridized carbons (Fsp3) is 0.125. The Kier molecular flexibility index (Phi) is 7.23. The summed E-state index contributed by atoms with van der Waals surface area (Å²) in [5.74, 6) is 0. The van der Waals surface area contributed by atoms with Crippen molar-refractivity contribution in [2.45, 2.75) is 11.7 Å². The normalized spacial score (nSPS) is 15.4. The molecule has 0 saturated carbocycles. The molecule has 1 aliphatic heterocycles. The molecule has 3 aromatic rings. The molecule has 5 rings (SSSR count). The second-order valence-electron chi connectivity index (χ2n) is 9.14. The van der Waals surface area contributed by atoms with Crippen LogP contribution in [0.1, 0.15) is 22.4 Å². The van der Waals surface area contributed by atoms with E-state index in [1.165, 1.54) is 20.2 Å². The first-order valence-corrected chi connectivity index (χ1v) is 13.8. The maximum absolute atomic E-state index is 9.74. The Morgan fingerprint density at radius 2 is 1.36 bits per heavy atom. The highest BCUT2D eigenvalue weighted by molar-refractivity contribution is 8.09. The highest BCUT2D eigenvalue weighted by Crippen LogP contribution is 2.50. The lowest BCUT2D eigenvalue weighted by molar-refractivity contribution is 1.09. The monoisotopic (exact) mass is 539 g/mol. The van der Waals surface area contributed by atoms with Crippen molar-refractivity contribution in [1.29, 1.82) is 21.0 Å². The van der Waals surface area contributed by atoms with Gasteiger partial charge in [0.1, 0.15) is 35.4 Å². The minimum atomic E-state index is -0.0294. The van der Waals surface area contributed by atoms with Crippen LogP contribution in [0.25, 0.3) is 26.5 Å². The quantitative estimate of drug-likeness (QED) is 0.317. The van der Waals surface area contributed by atoms with Gasteiger partial charge in [-0.15, -0.1) is 23.1 Å². The zero-order chi connectivity index (χ0) is 27.5. The molecule has 0 fully saturated rings. The molecule has 5 nitrogen and oxygen atoms in total. The maximum Gasteiger partial charge on any atom is 0.138 e. The Morgan fingerprint density at radius 3 is 1.90 bits per heavy atom. The van der Waals surface area contributed by atoms with Gasteiger partial charge in [0.05, 0.1) is 0 Å². The standard InChI is InChI=1S/C32H21N5S2/c1-37(2)23-9-7-20(8-10-23)28-13-14-30(39-28)29-12-11-24(38-29)15-27-31(21(16-33)17-34)25-5-3-4-6-26(25)32(27)22(18-35)19-36/h3-10,12-15,24H,11H2,1-2H3. The van der Waals surface area contributed by atoms with Gasteiger partial charge in [0.2, 0.25) is 0 Å². The summed E-state index contributed by atoms with van der Waals surface area (Å²) in [5.41, 5.74) is 5.24. The predicted molar refractivity (Wildman–Crippen MR) is 159 cm³/mol. The van der Waals surface area contributed by atoms with Crippen molar-refractivity contribution < 1.29 is 0 Å². The molecule has 0 amide bonds. The molecule has 39 heavy (non-hydrogen) atoms. The third-order valence-electron chi connectivity index (χ3n) is 6.64. The first kappa shape index (κ1) is 25.8. The Labute approximate surface area is 236 Å².